The quantitative estimate of drug-likeness (QED) is 0.506. The van der Waals surface area contributed by atoms with Crippen molar-refractivity contribution in [2.45, 2.75) is 20.8 Å². The molecule has 24 heavy (non-hydrogen) atoms. The van der Waals surface area contributed by atoms with Crippen LogP contribution in [0.4, 0.5) is 5.69 Å². The summed E-state index contributed by atoms with van der Waals surface area (Å²) >= 11 is 5.31. The van der Waals surface area contributed by atoms with Gasteiger partial charge in [-0.25, -0.2) is 0 Å². The molecule has 0 bridgehead atoms. The Balaban J connectivity index is 1.66. The van der Waals surface area contributed by atoms with Crippen LogP contribution in [-0.4, -0.2) is 17.6 Å². The largest absolute Gasteiger partial charge is 0.454 e. The van der Waals surface area contributed by atoms with Gasteiger partial charge in [0.1, 0.15) is 0 Å². The number of hydrogen-bond donors (Lipinski definition) is 2. The molecule has 1 aliphatic rings. The summed E-state index contributed by atoms with van der Waals surface area (Å²) in [5.74, 6) is 1.49. The minimum Gasteiger partial charge on any atom is -0.454 e. The molecule has 2 N–H and O–H groups in total. The van der Waals surface area contributed by atoms with Crippen LogP contribution in [-0.2, 0) is 0 Å². The van der Waals surface area contributed by atoms with Gasteiger partial charge in [-0.1, -0.05) is 12.1 Å². The molecule has 1 heterocycles. The predicted octanol–water partition coefficient (Wildman–Crippen LogP) is 3.74. The van der Waals surface area contributed by atoms with Crippen LogP contribution in [0.2, 0.25) is 0 Å². The number of hydrazone groups is 1. The Hall–Kier alpha value is -2.60. The van der Waals surface area contributed by atoms with E-state index in [0.29, 0.717) is 5.11 Å². The minimum atomic E-state index is 0.261. The standard InChI is InChI=1S/C18H19N3O2S/c1-11-5-4-6-15(12(11)2)19-18(24)21-20-13(3)14-7-8-16-17(9-14)23-10-22-16/h4-9H,10H2,1-3H3,(H2,19,21,24)/b20-13+. The third kappa shape index (κ3) is 3.49. The molecule has 0 amide bonds. The number of thiocarbonyl (C=S) groups is 1. The normalized spacial score (nSPS) is 12.9. The molecule has 6 heteroatoms. The fourth-order valence-corrected chi connectivity index (χ4v) is 2.51. The summed E-state index contributed by atoms with van der Waals surface area (Å²) in [6.07, 6.45) is 0. The average Bonchev–Trinajstić information content (AvgIpc) is 3.04. The highest BCUT2D eigenvalue weighted by Gasteiger charge is 2.14. The van der Waals surface area contributed by atoms with E-state index >= 15 is 0 Å². The summed E-state index contributed by atoms with van der Waals surface area (Å²) < 4.78 is 10.7. The zero-order valence-electron chi connectivity index (χ0n) is 13.8. The summed E-state index contributed by atoms with van der Waals surface area (Å²) in [4.78, 5) is 0. The first kappa shape index (κ1) is 16.3. The fraction of sp³-hybridized carbons (Fsp3) is 0.222. The Morgan fingerprint density at radius 2 is 1.92 bits per heavy atom. The van der Waals surface area contributed by atoms with Gasteiger partial charge in [0.05, 0.1) is 5.71 Å². The second-order valence-electron chi connectivity index (χ2n) is 5.58. The van der Waals surface area contributed by atoms with Crippen LogP contribution in [0.25, 0.3) is 0 Å². The van der Waals surface area contributed by atoms with E-state index in [4.69, 9.17) is 21.7 Å². The van der Waals surface area contributed by atoms with Crippen molar-refractivity contribution in [2.24, 2.45) is 5.10 Å². The Morgan fingerprint density at radius 3 is 2.75 bits per heavy atom. The summed E-state index contributed by atoms with van der Waals surface area (Å²) in [5.41, 5.74) is 7.98. The average molecular weight is 341 g/mol. The van der Waals surface area contributed by atoms with Crippen molar-refractivity contribution < 1.29 is 9.47 Å². The number of nitrogens with one attached hydrogen (secondary N) is 2. The smallest absolute Gasteiger partial charge is 0.231 e. The zero-order valence-corrected chi connectivity index (χ0v) is 14.7. The van der Waals surface area contributed by atoms with Gasteiger partial charge in [0.15, 0.2) is 16.6 Å². The van der Waals surface area contributed by atoms with E-state index in [2.05, 4.69) is 35.8 Å². The number of anilines is 1. The van der Waals surface area contributed by atoms with Gasteiger partial charge < -0.3 is 14.8 Å². The summed E-state index contributed by atoms with van der Waals surface area (Å²) in [5, 5.41) is 7.95. The molecule has 2 aromatic rings. The van der Waals surface area contributed by atoms with Gasteiger partial charge in [-0.05, 0) is 68.4 Å². The van der Waals surface area contributed by atoms with Crippen molar-refractivity contribution in [1.29, 1.82) is 0 Å². The monoisotopic (exact) mass is 341 g/mol. The highest BCUT2D eigenvalue weighted by Crippen LogP contribution is 2.32. The molecule has 2 aromatic carbocycles. The highest BCUT2D eigenvalue weighted by molar-refractivity contribution is 7.80. The van der Waals surface area contributed by atoms with Crippen molar-refractivity contribution in [3.63, 3.8) is 0 Å². The topological polar surface area (TPSA) is 54.9 Å². The van der Waals surface area contributed by atoms with Gasteiger partial charge in [-0.15, -0.1) is 0 Å². The Bertz CT molecular complexity index is 818. The van der Waals surface area contributed by atoms with Crippen LogP contribution in [0.1, 0.15) is 23.6 Å². The molecule has 0 aliphatic carbocycles. The van der Waals surface area contributed by atoms with E-state index in [-0.39, 0.29) is 6.79 Å². The van der Waals surface area contributed by atoms with Gasteiger partial charge in [-0.3, -0.25) is 5.43 Å². The second kappa shape index (κ2) is 6.88. The van der Waals surface area contributed by atoms with E-state index in [1.54, 1.807) is 0 Å². The van der Waals surface area contributed by atoms with E-state index in [1.807, 2.05) is 37.3 Å². The number of benzene rings is 2. The van der Waals surface area contributed by atoms with E-state index in [9.17, 15) is 0 Å². The van der Waals surface area contributed by atoms with Crippen molar-refractivity contribution >= 4 is 28.7 Å². The maximum atomic E-state index is 5.38. The summed E-state index contributed by atoms with van der Waals surface area (Å²) in [6.45, 7) is 6.29. The molecule has 5 nitrogen and oxygen atoms in total. The Morgan fingerprint density at radius 1 is 1.12 bits per heavy atom. The predicted molar refractivity (Wildman–Crippen MR) is 100 cm³/mol. The molecule has 0 radical (unpaired) electrons. The van der Waals surface area contributed by atoms with Crippen LogP contribution in [0.15, 0.2) is 41.5 Å². The number of ether oxygens (including phenoxy) is 2. The third-order valence-corrected chi connectivity index (χ3v) is 4.16. The van der Waals surface area contributed by atoms with Crippen LogP contribution in [0, 0.1) is 13.8 Å². The molecule has 0 saturated heterocycles. The van der Waals surface area contributed by atoms with Crippen LogP contribution in [0.5, 0.6) is 11.5 Å². The molecule has 0 atom stereocenters. The number of fused-ring (bicyclic) bond motifs is 1. The molecule has 0 aromatic heterocycles. The lowest BCUT2D eigenvalue weighted by molar-refractivity contribution is 0.174. The van der Waals surface area contributed by atoms with Crippen molar-refractivity contribution in [3.8, 4) is 11.5 Å². The first-order chi connectivity index (χ1) is 11.5. The van der Waals surface area contributed by atoms with E-state index < -0.39 is 0 Å². The molecule has 0 spiro atoms. The minimum absolute atomic E-state index is 0.261. The van der Waals surface area contributed by atoms with Crippen LogP contribution >= 0.6 is 12.2 Å². The maximum Gasteiger partial charge on any atom is 0.231 e. The summed E-state index contributed by atoms with van der Waals surface area (Å²) in [7, 11) is 0. The lowest BCUT2D eigenvalue weighted by Gasteiger charge is -2.12. The number of aryl methyl sites for hydroxylation is 1. The van der Waals surface area contributed by atoms with Crippen LogP contribution < -0.4 is 20.2 Å². The molecule has 0 unspecified atom stereocenters. The fourth-order valence-electron chi connectivity index (χ4n) is 2.36. The van der Waals surface area contributed by atoms with Gasteiger partial charge in [0.2, 0.25) is 6.79 Å². The van der Waals surface area contributed by atoms with Crippen molar-refractivity contribution in [1.82, 2.24) is 5.43 Å². The molecule has 3 rings (SSSR count). The third-order valence-electron chi connectivity index (χ3n) is 3.97. The molecule has 0 fully saturated rings. The molecule has 1 aliphatic heterocycles. The van der Waals surface area contributed by atoms with Gasteiger partial charge in [-0.2, -0.15) is 5.10 Å². The first-order valence-electron chi connectivity index (χ1n) is 7.62. The van der Waals surface area contributed by atoms with Crippen molar-refractivity contribution in [2.75, 3.05) is 12.1 Å². The zero-order chi connectivity index (χ0) is 17.1. The molecule has 124 valence electrons. The SMILES string of the molecule is C/C(=N\NC(=S)Nc1cccc(C)c1C)c1ccc2c(c1)OCO2. The van der Waals surface area contributed by atoms with Gasteiger partial charge >= 0.3 is 0 Å². The number of rotatable bonds is 3. The molecule has 0 saturated carbocycles. The molecular weight excluding hydrogens is 322 g/mol. The number of hydrogen-bond acceptors (Lipinski definition) is 4. The Labute approximate surface area is 146 Å². The van der Waals surface area contributed by atoms with Gasteiger partial charge in [0, 0.05) is 11.3 Å². The summed E-state index contributed by atoms with van der Waals surface area (Å²) in [6, 6.07) is 11.8. The Kier molecular flexibility index (Phi) is 4.66. The highest BCUT2D eigenvalue weighted by atomic mass is 32.1. The van der Waals surface area contributed by atoms with E-state index in [0.717, 1.165) is 34.0 Å². The second-order valence-corrected chi connectivity index (χ2v) is 5.99. The van der Waals surface area contributed by atoms with E-state index in [1.165, 1.54) is 5.56 Å². The lowest BCUT2D eigenvalue weighted by Crippen LogP contribution is -2.25. The maximum absolute atomic E-state index is 5.38. The van der Waals surface area contributed by atoms with Crippen LogP contribution in [0.3, 0.4) is 0 Å². The first-order valence-corrected chi connectivity index (χ1v) is 8.03. The van der Waals surface area contributed by atoms with Gasteiger partial charge in [0.25, 0.3) is 0 Å². The lowest BCUT2D eigenvalue weighted by atomic mass is 10.1. The molecular formula is C18H19N3O2S. The number of nitrogens with zero attached hydrogens (tertiary/aromatic N) is 1. The van der Waals surface area contributed by atoms with Crippen molar-refractivity contribution in [3.05, 3.63) is 53.1 Å².